The number of hydrogen-bond acceptors (Lipinski definition) is 5. The van der Waals surface area contributed by atoms with Gasteiger partial charge in [-0.05, 0) is 92.8 Å². The summed E-state index contributed by atoms with van der Waals surface area (Å²) in [5.41, 5.74) is 3.25. The van der Waals surface area contributed by atoms with E-state index in [1.165, 1.54) is 60.7 Å². The van der Waals surface area contributed by atoms with Crippen LogP contribution < -0.4 is 40.0 Å². The zero-order valence-corrected chi connectivity index (χ0v) is 26.7. The quantitative estimate of drug-likeness (QED) is 0.212. The molecule has 0 aliphatic heterocycles. The molecule has 0 spiro atoms. The number of benzene rings is 3. The first kappa shape index (κ1) is 35.1. The molecule has 1 amide bonds. The fourth-order valence-electron chi connectivity index (χ4n) is 5.24. The van der Waals surface area contributed by atoms with E-state index in [2.05, 4.69) is 5.32 Å². The standard InChI is InChI=1S/C33H33F3N2O5.Na/c1-19(2)38-28(16-15-26(39)17-27(40)18-29(41)42)30(20-3-7-22(34)8-4-20)31(21-5-9-23(35)10-6-21)32(38)33(43)37-25-13-11-24(36)12-14-25;/h3-14,19,26-27,39-40H,15-18H2,1-2H3,(H,37,43)(H,41,42);/q;+1/p-1/t26-,27-;/m1./s1. The number of nitrogens with zero attached hydrogens (tertiary/aromatic N) is 1. The number of aliphatic hydroxyl groups is 2. The van der Waals surface area contributed by atoms with E-state index < -0.39 is 48.0 Å². The third-order valence-electron chi connectivity index (χ3n) is 7.07. The van der Waals surface area contributed by atoms with Crippen LogP contribution in [-0.4, -0.2) is 38.9 Å². The maximum atomic E-state index is 14.0. The van der Waals surface area contributed by atoms with Gasteiger partial charge >= 0.3 is 29.6 Å². The summed E-state index contributed by atoms with van der Waals surface area (Å²) in [5, 5.41) is 34.4. The van der Waals surface area contributed by atoms with Gasteiger partial charge in [0.25, 0.3) is 5.91 Å². The Morgan fingerprint density at radius 3 is 1.75 bits per heavy atom. The molecule has 0 fully saturated rings. The van der Waals surface area contributed by atoms with Crippen LogP contribution in [0.4, 0.5) is 18.9 Å². The average molecular weight is 617 g/mol. The number of anilines is 1. The number of carbonyl (C=O) groups is 2. The second kappa shape index (κ2) is 15.5. The summed E-state index contributed by atoms with van der Waals surface area (Å²) in [6.45, 7) is 3.72. The summed E-state index contributed by atoms with van der Waals surface area (Å²) in [5.74, 6) is -3.39. The van der Waals surface area contributed by atoms with Crippen LogP contribution in [0, 0.1) is 17.5 Å². The van der Waals surface area contributed by atoms with E-state index in [1.54, 1.807) is 16.7 Å². The van der Waals surface area contributed by atoms with Crippen molar-refractivity contribution in [2.24, 2.45) is 0 Å². The van der Waals surface area contributed by atoms with Gasteiger partial charge in [0.15, 0.2) is 0 Å². The van der Waals surface area contributed by atoms with E-state index >= 15 is 0 Å². The van der Waals surface area contributed by atoms with E-state index in [0.717, 1.165) is 0 Å². The largest absolute Gasteiger partial charge is 1.00 e. The van der Waals surface area contributed by atoms with Gasteiger partial charge in [-0.15, -0.1) is 0 Å². The fraction of sp³-hybridized carbons (Fsp3) is 0.273. The smallest absolute Gasteiger partial charge is 0.550 e. The number of amides is 1. The minimum absolute atomic E-state index is 0. The van der Waals surface area contributed by atoms with E-state index in [-0.39, 0.29) is 60.6 Å². The van der Waals surface area contributed by atoms with Gasteiger partial charge in [0.2, 0.25) is 0 Å². The summed E-state index contributed by atoms with van der Waals surface area (Å²) in [4.78, 5) is 24.9. The summed E-state index contributed by atoms with van der Waals surface area (Å²) >= 11 is 0. The predicted octanol–water partition coefficient (Wildman–Crippen LogP) is 2.26. The number of aliphatic carboxylic acids is 1. The zero-order chi connectivity index (χ0) is 31.3. The maximum absolute atomic E-state index is 14.0. The Morgan fingerprint density at radius 1 is 0.795 bits per heavy atom. The van der Waals surface area contributed by atoms with Gasteiger partial charge in [-0.2, -0.15) is 0 Å². The zero-order valence-electron chi connectivity index (χ0n) is 24.7. The second-order valence-electron chi connectivity index (χ2n) is 10.6. The van der Waals surface area contributed by atoms with Crippen molar-refractivity contribution in [1.82, 2.24) is 4.57 Å². The molecule has 11 heteroatoms. The molecular formula is C33H32F3N2NaO5. The molecule has 1 heterocycles. The first-order valence-corrected chi connectivity index (χ1v) is 13.9. The predicted molar refractivity (Wildman–Crippen MR) is 155 cm³/mol. The third-order valence-corrected chi connectivity index (χ3v) is 7.07. The first-order valence-electron chi connectivity index (χ1n) is 13.9. The molecule has 0 aliphatic carbocycles. The van der Waals surface area contributed by atoms with Gasteiger partial charge in [-0.3, -0.25) is 4.79 Å². The van der Waals surface area contributed by atoms with E-state index in [4.69, 9.17) is 0 Å². The first-order chi connectivity index (χ1) is 20.4. The molecule has 1 aromatic heterocycles. The van der Waals surface area contributed by atoms with Crippen LogP contribution in [0.5, 0.6) is 0 Å². The number of rotatable bonds is 12. The minimum atomic E-state index is -1.44. The molecule has 0 aliphatic rings. The maximum Gasteiger partial charge on any atom is 1.00 e. The summed E-state index contributed by atoms with van der Waals surface area (Å²) in [6.07, 6.45) is -2.94. The van der Waals surface area contributed by atoms with Crippen molar-refractivity contribution in [1.29, 1.82) is 0 Å². The van der Waals surface area contributed by atoms with Gasteiger partial charge in [-0.1, -0.05) is 24.3 Å². The molecule has 0 radical (unpaired) electrons. The summed E-state index contributed by atoms with van der Waals surface area (Å²) in [7, 11) is 0. The molecule has 4 rings (SSSR count). The van der Waals surface area contributed by atoms with Crippen LogP contribution in [0.15, 0.2) is 72.8 Å². The average Bonchev–Trinajstić information content (AvgIpc) is 3.29. The topological polar surface area (TPSA) is 115 Å². The Kier molecular flexibility index (Phi) is 12.4. The van der Waals surface area contributed by atoms with Crippen molar-refractivity contribution in [3.63, 3.8) is 0 Å². The molecule has 226 valence electrons. The van der Waals surface area contributed by atoms with Crippen molar-refractivity contribution < 1.29 is 67.6 Å². The van der Waals surface area contributed by atoms with Gasteiger partial charge in [0.05, 0.1) is 12.2 Å². The Hall–Kier alpha value is -3.41. The van der Waals surface area contributed by atoms with E-state index in [0.29, 0.717) is 33.6 Å². The molecule has 44 heavy (non-hydrogen) atoms. The van der Waals surface area contributed by atoms with E-state index in [9.17, 15) is 38.1 Å². The number of aromatic nitrogens is 1. The monoisotopic (exact) mass is 616 g/mol. The summed E-state index contributed by atoms with van der Waals surface area (Å²) < 4.78 is 43.4. The summed E-state index contributed by atoms with van der Waals surface area (Å²) in [6, 6.07) is 16.2. The molecule has 0 saturated heterocycles. The van der Waals surface area contributed by atoms with Crippen molar-refractivity contribution in [2.45, 2.75) is 57.8 Å². The Morgan fingerprint density at radius 2 is 1.27 bits per heavy atom. The number of halogens is 3. The molecule has 0 bridgehead atoms. The van der Waals surface area contributed by atoms with Crippen LogP contribution >= 0.6 is 0 Å². The third kappa shape index (κ3) is 8.61. The van der Waals surface area contributed by atoms with Crippen LogP contribution in [0.1, 0.15) is 55.3 Å². The number of hydrogen-bond donors (Lipinski definition) is 3. The van der Waals surface area contributed by atoms with Crippen molar-refractivity contribution in [3.8, 4) is 22.3 Å². The number of carbonyl (C=O) groups excluding carboxylic acids is 2. The molecule has 3 N–H and O–H groups in total. The Balaban J connectivity index is 0.00000529. The Bertz CT molecular complexity index is 1570. The van der Waals surface area contributed by atoms with Crippen molar-refractivity contribution in [2.75, 3.05) is 5.32 Å². The van der Waals surface area contributed by atoms with E-state index in [1.807, 2.05) is 13.8 Å². The number of aliphatic hydroxyl groups excluding tert-OH is 2. The van der Waals surface area contributed by atoms with Gasteiger partial charge < -0.3 is 30.0 Å². The fourth-order valence-corrected chi connectivity index (χ4v) is 5.24. The molecule has 0 unspecified atom stereocenters. The SMILES string of the molecule is CC(C)n1c(CC[C@@H](O)C[C@@H](O)CC(=O)[O-])c(-c2ccc(F)cc2)c(-c2ccc(F)cc2)c1C(=O)Nc1ccc(F)cc1.[Na+]. The van der Waals surface area contributed by atoms with Gasteiger partial charge in [0.1, 0.15) is 23.1 Å². The van der Waals surface area contributed by atoms with Crippen molar-refractivity contribution in [3.05, 3.63) is 102 Å². The second-order valence-corrected chi connectivity index (χ2v) is 10.6. The van der Waals surface area contributed by atoms with Gasteiger partial charge in [0, 0.05) is 40.9 Å². The van der Waals surface area contributed by atoms with Crippen LogP contribution in [0.3, 0.4) is 0 Å². The van der Waals surface area contributed by atoms with Crippen LogP contribution in [0.2, 0.25) is 0 Å². The molecular weight excluding hydrogens is 584 g/mol. The molecule has 4 aromatic rings. The van der Waals surface area contributed by atoms with Crippen LogP contribution in [-0.2, 0) is 11.2 Å². The van der Waals surface area contributed by atoms with Crippen molar-refractivity contribution >= 4 is 17.6 Å². The Labute approximate surface area is 275 Å². The number of carboxylic acids is 1. The minimum Gasteiger partial charge on any atom is -0.550 e. The molecule has 3 aromatic carbocycles. The normalized spacial score (nSPS) is 12.5. The van der Waals surface area contributed by atoms with Crippen LogP contribution in [0.25, 0.3) is 22.3 Å². The molecule has 2 atom stereocenters. The molecule has 7 nitrogen and oxygen atoms in total. The van der Waals surface area contributed by atoms with Gasteiger partial charge in [-0.25, -0.2) is 13.2 Å². The number of carboxylic acid groups (broad SMARTS) is 1. The molecule has 0 saturated carbocycles. The number of nitrogens with one attached hydrogen (secondary N) is 1.